The van der Waals surface area contributed by atoms with Gasteiger partial charge in [0.2, 0.25) is 0 Å². The molecule has 2 aromatic rings. The zero-order valence-corrected chi connectivity index (χ0v) is 12.7. The number of guanidine groups is 1. The molecule has 0 bridgehead atoms. The topological polar surface area (TPSA) is 73.9 Å². The first-order chi connectivity index (χ1) is 9.83. The number of nitrogens with two attached hydrogens (primary N) is 1. The largest absolute Gasteiger partial charge is 0.380 e. The molecule has 5 N–H and O–H groups in total. The van der Waals surface area contributed by atoms with Crippen molar-refractivity contribution in [1.82, 2.24) is 0 Å². The molecule has 0 radical (unpaired) electrons. The number of nitrogens with one attached hydrogen (secondary N) is 3. The van der Waals surface area contributed by atoms with Crippen LogP contribution in [0.15, 0.2) is 48.5 Å². The molecule has 0 aromatic heterocycles. The van der Waals surface area contributed by atoms with Gasteiger partial charge in [-0.1, -0.05) is 24.3 Å². The standard InChI is InChI=1S/C17H22N4/c1-17(2,3)21-15-10-6-13(7-11-15)12-4-8-14(9-5-12)20-16(18)19/h4-11,21H,1-3H3,(H4,18,19,20). The molecule has 0 fully saturated rings. The summed E-state index contributed by atoms with van der Waals surface area (Å²) in [4.78, 5) is 0. The van der Waals surface area contributed by atoms with E-state index in [-0.39, 0.29) is 11.5 Å². The Labute approximate surface area is 125 Å². The first-order valence-electron chi connectivity index (χ1n) is 6.93. The predicted octanol–water partition coefficient (Wildman–Crippen LogP) is 3.87. The molecule has 0 atom stereocenters. The fourth-order valence-corrected chi connectivity index (χ4v) is 2.08. The van der Waals surface area contributed by atoms with E-state index < -0.39 is 0 Å². The Morgan fingerprint density at radius 1 is 0.857 bits per heavy atom. The smallest absolute Gasteiger partial charge is 0.190 e. The Balaban J connectivity index is 2.13. The summed E-state index contributed by atoms with van der Waals surface area (Å²) < 4.78 is 0. The zero-order valence-electron chi connectivity index (χ0n) is 12.7. The summed E-state index contributed by atoms with van der Waals surface area (Å²) in [5.74, 6) is -0.0552. The fourth-order valence-electron chi connectivity index (χ4n) is 2.08. The molecule has 2 aromatic carbocycles. The highest BCUT2D eigenvalue weighted by molar-refractivity contribution is 5.90. The predicted molar refractivity (Wildman–Crippen MR) is 90.8 cm³/mol. The average Bonchev–Trinajstić information content (AvgIpc) is 2.38. The van der Waals surface area contributed by atoms with Crippen LogP contribution < -0.4 is 16.4 Å². The molecular weight excluding hydrogens is 260 g/mol. The lowest BCUT2D eigenvalue weighted by molar-refractivity contribution is 0.634. The molecule has 0 spiro atoms. The van der Waals surface area contributed by atoms with E-state index in [1.165, 1.54) is 0 Å². The summed E-state index contributed by atoms with van der Waals surface area (Å²) in [5, 5.41) is 13.4. The van der Waals surface area contributed by atoms with Gasteiger partial charge in [0.15, 0.2) is 5.96 Å². The van der Waals surface area contributed by atoms with Crippen molar-refractivity contribution in [3.8, 4) is 11.1 Å². The van der Waals surface area contributed by atoms with Crippen LogP contribution in [0.1, 0.15) is 20.8 Å². The van der Waals surface area contributed by atoms with Gasteiger partial charge in [0.1, 0.15) is 0 Å². The van der Waals surface area contributed by atoms with E-state index in [0.29, 0.717) is 0 Å². The molecule has 4 nitrogen and oxygen atoms in total. The van der Waals surface area contributed by atoms with Gasteiger partial charge in [0, 0.05) is 16.9 Å². The quantitative estimate of drug-likeness (QED) is 0.510. The summed E-state index contributed by atoms with van der Waals surface area (Å²) in [6, 6.07) is 16.2. The van der Waals surface area contributed by atoms with Gasteiger partial charge in [-0.2, -0.15) is 0 Å². The van der Waals surface area contributed by atoms with Gasteiger partial charge in [-0.05, 0) is 56.2 Å². The van der Waals surface area contributed by atoms with Crippen molar-refractivity contribution in [1.29, 1.82) is 5.41 Å². The van der Waals surface area contributed by atoms with Crippen molar-refractivity contribution in [2.24, 2.45) is 5.73 Å². The normalized spacial score (nSPS) is 11.0. The Hall–Kier alpha value is -2.49. The molecule has 4 heteroatoms. The highest BCUT2D eigenvalue weighted by Crippen LogP contribution is 2.24. The molecule has 110 valence electrons. The molecular formula is C17H22N4. The third-order valence-electron chi connectivity index (χ3n) is 2.90. The Bertz CT molecular complexity index is 607. The van der Waals surface area contributed by atoms with Crippen molar-refractivity contribution >= 4 is 17.3 Å². The fraction of sp³-hybridized carbons (Fsp3) is 0.235. The highest BCUT2D eigenvalue weighted by Gasteiger charge is 2.08. The van der Waals surface area contributed by atoms with Crippen LogP contribution in [0.2, 0.25) is 0 Å². The molecule has 0 aliphatic carbocycles. The van der Waals surface area contributed by atoms with E-state index in [9.17, 15) is 0 Å². The van der Waals surface area contributed by atoms with Crippen LogP contribution >= 0.6 is 0 Å². The molecule has 0 unspecified atom stereocenters. The van der Waals surface area contributed by atoms with E-state index in [0.717, 1.165) is 22.5 Å². The van der Waals surface area contributed by atoms with Gasteiger partial charge in [0.05, 0.1) is 0 Å². The van der Waals surface area contributed by atoms with Crippen LogP contribution in [0.25, 0.3) is 11.1 Å². The van der Waals surface area contributed by atoms with Crippen molar-refractivity contribution in [3.63, 3.8) is 0 Å². The molecule has 0 saturated heterocycles. The number of hydrogen-bond acceptors (Lipinski definition) is 2. The molecule has 0 amide bonds. The minimum absolute atomic E-state index is 0.0552. The van der Waals surface area contributed by atoms with Gasteiger partial charge in [0.25, 0.3) is 0 Å². The summed E-state index contributed by atoms with van der Waals surface area (Å²) in [5.41, 5.74) is 9.58. The third-order valence-corrected chi connectivity index (χ3v) is 2.90. The minimum Gasteiger partial charge on any atom is -0.380 e. The maximum absolute atomic E-state index is 7.20. The minimum atomic E-state index is -0.0552. The Morgan fingerprint density at radius 3 is 1.67 bits per heavy atom. The van der Waals surface area contributed by atoms with Gasteiger partial charge >= 0.3 is 0 Å². The molecule has 0 saturated carbocycles. The van der Waals surface area contributed by atoms with Gasteiger partial charge in [-0.3, -0.25) is 5.41 Å². The maximum atomic E-state index is 7.20. The van der Waals surface area contributed by atoms with E-state index in [1.807, 2.05) is 24.3 Å². The van der Waals surface area contributed by atoms with E-state index in [2.05, 4.69) is 55.7 Å². The summed E-state index contributed by atoms with van der Waals surface area (Å²) in [7, 11) is 0. The van der Waals surface area contributed by atoms with Crippen LogP contribution in [0.4, 0.5) is 11.4 Å². The second-order valence-electron chi connectivity index (χ2n) is 6.07. The monoisotopic (exact) mass is 282 g/mol. The molecule has 2 rings (SSSR count). The number of anilines is 2. The van der Waals surface area contributed by atoms with Crippen LogP contribution in [-0.4, -0.2) is 11.5 Å². The average molecular weight is 282 g/mol. The van der Waals surface area contributed by atoms with Gasteiger partial charge < -0.3 is 16.4 Å². The van der Waals surface area contributed by atoms with E-state index in [1.54, 1.807) is 0 Å². The SMILES string of the molecule is CC(C)(C)Nc1ccc(-c2ccc(NC(=N)N)cc2)cc1. The third kappa shape index (κ3) is 4.53. The summed E-state index contributed by atoms with van der Waals surface area (Å²) in [6.45, 7) is 6.42. The van der Waals surface area contributed by atoms with Crippen molar-refractivity contribution in [3.05, 3.63) is 48.5 Å². The molecule has 0 heterocycles. The number of hydrogen-bond donors (Lipinski definition) is 4. The number of rotatable bonds is 3. The van der Waals surface area contributed by atoms with E-state index in [4.69, 9.17) is 11.1 Å². The first-order valence-corrected chi connectivity index (χ1v) is 6.93. The van der Waals surface area contributed by atoms with Crippen LogP contribution in [0, 0.1) is 5.41 Å². The summed E-state index contributed by atoms with van der Waals surface area (Å²) in [6.07, 6.45) is 0. The second-order valence-corrected chi connectivity index (χ2v) is 6.07. The van der Waals surface area contributed by atoms with Crippen LogP contribution in [0.3, 0.4) is 0 Å². The number of benzene rings is 2. The highest BCUT2D eigenvalue weighted by atomic mass is 15.0. The molecule has 21 heavy (non-hydrogen) atoms. The van der Waals surface area contributed by atoms with Gasteiger partial charge in [-0.25, -0.2) is 0 Å². The lowest BCUT2D eigenvalue weighted by Gasteiger charge is -2.22. The van der Waals surface area contributed by atoms with Crippen LogP contribution in [0.5, 0.6) is 0 Å². The van der Waals surface area contributed by atoms with E-state index >= 15 is 0 Å². The second kappa shape index (κ2) is 5.87. The van der Waals surface area contributed by atoms with Crippen molar-refractivity contribution < 1.29 is 0 Å². The van der Waals surface area contributed by atoms with Crippen molar-refractivity contribution in [2.45, 2.75) is 26.3 Å². The van der Waals surface area contributed by atoms with Gasteiger partial charge in [-0.15, -0.1) is 0 Å². The summed E-state index contributed by atoms with van der Waals surface area (Å²) >= 11 is 0. The first kappa shape index (κ1) is 14.9. The molecule has 0 aliphatic heterocycles. The Morgan fingerprint density at radius 2 is 1.29 bits per heavy atom. The maximum Gasteiger partial charge on any atom is 0.190 e. The lowest BCUT2D eigenvalue weighted by Crippen LogP contribution is -2.25. The van der Waals surface area contributed by atoms with Crippen molar-refractivity contribution in [2.75, 3.05) is 10.6 Å². The van der Waals surface area contributed by atoms with Crippen LogP contribution in [-0.2, 0) is 0 Å². The lowest BCUT2D eigenvalue weighted by atomic mass is 10.0. The Kier molecular flexibility index (Phi) is 4.17. The zero-order chi connectivity index (χ0) is 15.5. The molecule has 0 aliphatic rings.